The van der Waals surface area contributed by atoms with E-state index in [0.29, 0.717) is 16.7 Å². The van der Waals surface area contributed by atoms with Gasteiger partial charge in [-0.05, 0) is 18.2 Å². The molecule has 3 nitrogen and oxygen atoms in total. The second-order valence-electron chi connectivity index (χ2n) is 4.58. The minimum absolute atomic E-state index is 0.107. The van der Waals surface area contributed by atoms with E-state index in [9.17, 15) is 13.6 Å². The zero-order valence-electron chi connectivity index (χ0n) is 11.8. The lowest BCUT2D eigenvalue weighted by Gasteiger charge is -2.18. The first-order chi connectivity index (χ1) is 10.5. The summed E-state index contributed by atoms with van der Waals surface area (Å²) in [5, 5.41) is 3.06. The third kappa shape index (κ3) is 3.81. The highest BCUT2D eigenvalue weighted by atomic mass is 35.5. The summed E-state index contributed by atoms with van der Waals surface area (Å²) < 4.78 is 31.7. The van der Waals surface area contributed by atoms with Gasteiger partial charge in [0.15, 0.2) is 0 Å². The Morgan fingerprint density at radius 2 is 2.00 bits per heavy atom. The molecule has 0 aliphatic heterocycles. The molecule has 0 aromatic heterocycles. The van der Waals surface area contributed by atoms with Crippen LogP contribution in [0.15, 0.2) is 42.5 Å². The molecule has 0 saturated heterocycles. The first-order valence-electron chi connectivity index (χ1n) is 6.53. The smallest absolute Gasteiger partial charge is 0.254 e. The SMILES string of the molecule is COC(CNC(=O)c1ccc(F)cc1F)c1ccccc1Cl. The molecule has 22 heavy (non-hydrogen) atoms. The van der Waals surface area contributed by atoms with Crippen LogP contribution in [-0.4, -0.2) is 19.6 Å². The van der Waals surface area contributed by atoms with E-state index in [0.717, 1.165) is 12.1 Å². The summed E-state index contributed by atoms with van der Waals surface area (Å²) in [6.45, 7) is 0.107. The van der Waals surface area contributed by atoms with Crippen molar-refractivity contribution >= 4 is 17.5 Å². The highest BCUT2D eigenvalue weighted by Crippen LogP contribution is 2.24. The van der Waals surface area contributed by atoms with Crippen LogP contribution in [0.5, 0.6) is 0 Å². The number of benzene rings is 2. The predicted molar refractivity (Wildman–Crippen MR) is 79.9 cm³/mol. The molecule has 0 radical (unpaired) electrons. The van der Waals surface area contributed by atoms with Gasteiger partial charge in [-0.3, -0.25) is 4.79 Å². The Hall–Kier alpha value is -1.98. The van der Waals surface area contributed by atoms with Crippen LogP contribution in [0.3, 0.4) is 0 Å². The predicted octanol–water partition coefficient (Wildman–Crippen LogP) is 3.74. The number of carbonyl (C=O) groups excluding carboxylic acids is 1. The molecular formula is C16H14ClF2NO2. The van der Waals surface area contributed by atoms with E-state index in [4.69, 9.17) is 16.3 Å². The lowest BCUT2D eigenvalue weighted by molar-refractivity contribution is 0.0825. The molecule has 1 unspecified atom stereocenters. The van der Waals surface area contributed by atoms with Crippen molar-refractivity contribution in [3.05, 3.63) is 70.2 Å². The Morgan fingerprint density at radius 3 is 2.64 bits per heavy atom. The summed E-state index contributed by atoms with van der Waals surface area (Å²) in [7, 11) is 1.48. The molecule has 1 atom stereocenters. The van der Waals surface area contributed by atoms with E-state index in [-0.39, 0.29) is 12.1 Å². The Morgan fingerprint density at radius 1 is 1.27 bits per heavy atom. The van der Waals surface area contributed by atoms with Gasteiger partial charge in [-0.25, -0.2) is 8.78 Å². The highest BCUT2D eigenvalue weighted by Gasteiger charge is 2.17. The van der Waals surface area contributed by atoms with Crippen LogP contribution >= 0.6 is 11.6 Å². The van der Waals surface area contributed by atoms with E-state index in [1.54, 1.807) is 24.3 Å². The molecule has 0 heterocycles. The average Bonchev–Trinajstić information content (AvgIpc) is 2.49. The van der Waals surface area contributed by atoms with Gasteiger partial charge in [-0.15, -0.1) is 0 Å². The van der Waals surface area contributed by atoms with Gasteiger partial charge in [-0.2, -0.15) is 0 Å². The number of hydrogen-bond acceptors (Lipinski definition) is 2. The van der Waals surface area contributed by atoms with Gasteiger partial charge in [0.1, 0.15) is 17.7 Å². The van der Waals surface area contributed by atoms with Crippen LogP contribution in [0, 0.1) is 11.6 Å². The first-order valence-corrected chi connectivity index (χ1v) is 6.91. The van der Waals surface area contributed by atoms with Gasteiger partial charge >= 0.3 is 0 Å². The van der Waals surface area contributed by atoms with Gasteiger partial charge in [0.2, 0.25) is 0 Å². The molecule has 1 amide bonds. The summed E-state index contributed by atoms with van der Waals surface area (Å²) in [5.41, 5.74) is 0.488. The minimum Gasteiger partial charge on any atom is -0.375 e. The fourth-order valence-corrected chi connectivity index (χ4v) is 2.27. The summed E-state index contributed by atoms with van der Waals surface area (Å²) in [6.07, 6.45) is -0.471. The molecule has 116 valence electrons. The maximum Gasteiger partial charge on any atom is 0.254 e. The number of rotatable bonds is 5. The van der Waals surface area contributed by atoms with Crippen molar-refractivity contribution in [2.45, 2.75) is 6.10 Å². The van der Waals surface area contributed by atoms with Crippen molar-refractivity contribution in [1.29, 1.82) is 0 Å². The van der Waals surface area contributed by atoms with E-state index < -0.39 is 23.6 Å². The van der Waals surface area contributed by atoms with Gasteiger partial charge in [0, 0.05) is 30.3 Å². The Labute approximate surface area is 131 Å². The largest absolute Gasteiger partial charge is 0.375 e. The Balaban J connectivity index is 2.07. The average molecular weight is 326 g/mol. The van der Waals surface area contributed by atoms with E-state index in [1.807, 2.05) is 0 Å². The lowest BCUT2D eigenvalue weighted by Crippen LogP contribution is -2.30. The Bertz CT molecular complexity index is 679. The first kappa shape index (κ1) is 16.4. The fraction of sp³-hybridized carbons (Fsp3) is 0.188. The molecule has 2 rings (SSSR count). The van der Waals surface area contributed by atoms with Crippen molar-refractivity contribution in [1.82, 2.24) is 5.32 Å². The van der Waals surface area contributed by atoms with Gasteiger partial charge in [0.25, 0.3) is 5.91 Å². The second kappa shape index (κ2) is 7.33. The number of methoxy groups -OCH3 is 1. The Kier molecular flexibility index (Phi) is 5.46. The second-order valence-corrected chi connectivity index (χ2v) is 4.99. The molecule has 2 aromatic carbocycles. The number of carbonyl (C=O) groups is 1. The number of ether oxygens (including phenoxy) is 1. The van der Waals surface area contributed by atoms with Gasteiger partial charge < -0.3 is 10.1 Å². The fourth-order valence-electron chi connectivity index (χ4n) is 2.01. The van der Waals surface area contributed by atoms with Crippen molar-refractivity contribution in [2.24, 2.45) is 0 Å². The molecule has 0 fully saturated rings. The quantitative estimate of drug-likeness (QED) is 0.909. The van der Waals surface area contributed by atoms with Crippen LogP contribution in [0.4, 0.5) is 8.78 Å². The molecule has 0 spiro atoms. The summed E-state index contributed by atoms with van der Waals surface area (Å²) in [5.74, 6) is -2.30. The topological polar surface area (TPSA) is 38.3 Å². The van der Waals surface area contributed by atoms with Crippen LogP contribution in [0.2, 0.25) is 5.02 Å². The van der Waals surface area contributed by atoms with Crippen LogP contribution in [0.25, 0.3) is 0 Å². The molecule has 1 N–H and O–H groups in total. The zero-order valence-corrected chi connectivity index (χ0v) is 12.5. The van der Waals surface area contributed by atoms with Gasteiger partial charge in [0.05, 0.1) is 5.56 Å². The lowest BCUT2D eigenvalue weighted by atomic mass is 10.1. The number of halogens is 3. The summed E-state index contributed by atoms with van der Waals surface area (Å²) in [4.78, 5) is 12.0. The molecule has 6 heteroatoms. The van der Waals surface area contributed by atoms with Crippen molar-refractivity contribution in [3.8, 4) is 0 Å². The number of amides is 1. The zero-order chi connectivity index (χ0) is 16.1. The van der Waals surface area contributed by atoms with Crippen LogP contribution < -0.4 is 5.32 Å². The molecule has 2 aromatic rings. The van der Waals surface area contributed by atoms with Crippen LogP contribution in [0.1, 0.15) is 22.0 Å². The maximum atomic E-state index is 13.5. The third-order valence-electron chi connectivity index (χ3n) is 3.16. The normalized spacial score (nSPS) is 12.0. The monoisotopic (exact) mass is 325 g/mol. The molecule has 0 bridgehead atoms. The van der Waals surface area contributed by atoms with E-state index >= 15 is 0 Å². The summed E-state index contributed by atoms with van der Waals surface area (Å²) in [6, 6.07) is 9.86. The summed E-state index contributed by atoms with van der Waals surface area (Å²) >= 11 is 6.08. The highest BCUT2D eigenvalue weighted by molar-refractivity contribution is 6.31. The number of nitrogens with one attached hydrogen (secondary N) is 1. The molecular weight excluding hydrogens is 312 g/mol. The maximum absolute atomic E-state index is 13.5. The minimum atomic E-state index is -0.913. The van der Waals surface area contributed by atoms with E-state index in [2.05, 4.69) is 5.32 Å². The van der Waals surface area contributed by atoms with E-state index in [1.165, 1.54) is 7.11 Å². The van der Waals surface area contributed by atoms with Crippen LogP contribution in [-0.2, 0) is 4.74 Å². The third-order valence-corrected chi connectivity index (χ3v) is 3.50. The molecule has 0 aliphatic rings. The van der Waals surface area contributed by atoms with Crippen molar-refractivity contribution in [3.63, 3.8) is 0 Å². The van der Waals surface area contributed by atoms with Crippen molar-refractivity contribution < 1.29 is 18.3 Å². The van der Waals surface area contributed by atoms with Gasteiger partial charge in [-0.1, -0.05) is 29.8 Å². The molecule has 0 aliphatic carbocycles. The number of hydrogen-bond donors (Lipinski definition) is 1. The van der Waals surface area contributed by atoms with Crippen molar-refractivity contribution in [2.75, 3.05) is 13.7 Å². The standard InChI is InChI=1S/C16H14ClF2NO2/c1-22-15(11-4-2-3-5-13(11)17)9-20-16(21)12-7-6-10(18)8-14(12)19/h2-8,15H,9H2,1H3,(H,20,21). The molecule has 0 saturated carbocycles.